The van der Waals surface area contributed by atoms with E-state index in [9.17, 15) is 4.39 Å². The molecule has 0 bridgehead atoms. The van der Waals surface area contributed by atoms with Crippen LogP contribution in [0.2, 0.25) is 0 Å². The van der Waals surface area contributed by atoms with Crippen LogP contribution < -0.4 is 10.2 Å². The van der Waals surface area contributed by atoms with Gasteiger partial charge < -0.3 is 14.6 Å². The molecule has 0 atom stereocenters. The van der Waals surface area contributed by atoms with Crippen molar-refractivity contribution in [3.8, 4) is 11.6 Å². The van der Waals surface area contributed by atoms with Crippen molar-refractivity contribution in [2.24, 2.45) is 5.92 Å². The maximum atomic E-state index is 14.2. The molecule has 34 heavy (non-hydrogen) atoms. The van der Waals surface area contributed by atoms with E-state index < -0.39 is 0 Å². The van der Waals surface area contributed by atoms with Crippen molar-refractivity contribution in [2.75, 3.05) is 42.9 Å². The predicted octanol–water partition coefficient (Wildman–Crippen LogP) is 4.30. The Morgan fingerprint density at radius 1 is 1.09 bits per heavy atom. The molecular formula is C25H30FN7O. The largest absolute Gasteiger partial charge is 0.461 e. The molecule has 0 aliphatic carbocycles. The van der Waals surface area contributed by atoms with E-state index in [0.717, 1.165) is 50.4 Å². The van der Waals surface area contributed by atoms with Crippen LogP contribution in [0.3, 0.4) is 0 Å². The van der Waals surface area contributed by atoms with Gasteiger partial charge in [0.25, 0.3) is 0 Å². The quantitative estimate of drug-likeness (QED) is 0.417. The zero-order valence-electron chi connectivity index (χ0n) is 19.6. The molecule has 0 spiro atoms. The lowest BCUT2D eigenvalue weighted by Gasteiger charge is -2.36. The summed E-state index contributed by atoms with van der Waals surface area (Å²) in [7, 11) is 0. The zero-order valence-corrected chi connectivity index (χ0v) is 19.6. The lowest BCUT2D eigenvalue weighted by Crippen LogP contribution is -2.46. The maximum Gasteiger partial charge on any atom is 0.225 e. The number of aromatic nitrogens is 4. The average molecular weight is 464 g/mol. The molecule has 1 saturated heterocycles. The fourth-order valence-electron chi connectivity index (χ4n) is 4.23. The number of anilines is 2. The van der Waals surface area contributed by atoms with Crippen molar-refractivity contribution in [2.45, 2.75) is 26.8 Å². The summed E-state index contributed by atoms with van der Waals surface area (Å²) in [5, 5.41) is 8.09. The van der Waals surface area contributed by atoms with Gasteiger partial charge in [-0.25, -0.2) is 14.4 Å². The van der Waals surface area contributed by atoms with Crippen molar-refractivity contribution in [3.63, 3.8) is 0 Å². The minimum atomic E-state index is -0.170. The molecule has 1 aliphatic heterocycles. The summed E-state index contributed by atoms with van der Waals surface area (Å²) in [6.07, 6.45) is 4.55. The Balaban J connectivity index is 1.35. The van der Waals surface area contributed by atoms with E-state index in [0.29, 0.717) is 35.7 Å². The van der Waals surface area contributed by atoms with Gasteiger partial charge in [0, 0.05) is 51.0 Å². The van der Waals surface area contributed by atoms with Gasteiger partial charge in [0.05, 0.1) is 12.0 Å². The maximum absolute atomic E-state index is 14.2. The summed E-state index contributed by atoms with van der Waals surface area (Å²) in [6.45, 7) is 9.10. The van der Waals surface area contributed by atoms with E-state index in [-0.39, 0.29) is 5.82 Å². The van der Waals surface area contributed by atoms with Crippen molar-refractivity contribution in [3.05, 3.63) is 60.2 Å². The van der Waals surface area contributed by atoms with E-state index in [1.807, 2.05) is 30.5 Å². The van der Waals surface area contributed by atoms with E-state index in [1.165, 1.54) is 6.07 Å². The highest BCUT2D eigenvalue weighted by atomic mass is 19.1. The minimum Gasteiger partial charge on any atom is -0.461 e. The lowest BCUT2D eigenvalue weighted by atomic mass is 10.1. The van der Waals surface area contributed by atoms with Crippen LogP contribution in [0.5, 0.6) is 0 Å². The normalized spacial score (nSPS) is 14.9. The topological polar surface area (TPSA) is 74.7 Å². The van der Waals surface area contributed by atoms with Gasteiger partial charge in [-0.15, -0.1) is 5.10 Å². The minimum absolute atomic E-state index is 0.170. The number of para-hydroxylation sites is 1. The molecule has 1 aromatic carbocycles. The van der Waals surface area contributed by atoms with Crippen molar-refractivity contribution >= 4 is 17.3 Å². The van der Waals surface area contributed by atoms with Crippen LogP contribution in [0.25, 0.3) is 17.2 Å². The molecule has 8 nitrogen and oxygen atoms in total. The van der Waals surface area contributed by atoms with Gasteiger partial charge in [-0.2, -0.15) is 4.52 Å². The number of benzene rings is 1. The molecule has 3 aromatic heterocycles. The number of furan rings is 1. The van der Waals surface area contributed by atoms with Gasteiger partial charge >= 0.3 is 0 Å². The highest BCUT2D eigenvalue weighted by molar-refractivity contribution is 5.58. The molecule has 1 N–H and O–H groups in total. The highest BCUT2D eigenvalue weighted by Crippen LogP contribution is 2.24. The zero-order chi connectivity index (χ0) is 23.5. The summed E-state index contributed by atoms with van der Waals surface area (Å²) >= 11 is 0. The van der Waals surface area contributed by atoms with Crippen LogP contribution in [0.4, 0.5) is 16.0 Å². The third-order valence-corrected chi connectivity index (χ3v) is 6.14. The van der Waals surface area contributed by atoms with Crippen molar-refractivity contribution in [1.29, 1.82) is 0 Å². The third kappa shape index (κ3) is 4.75. The fourth-order valence-corrected chi connectivity index (χ4v) is 4.23. The standard InChI is InChI=1S/C25H30FN7O/c1-18(2)9-10-27-25-28-16-19(24-29-23(30-33(24)25)22-8-5-15-34-22)17-31-11-13-32(14-12-31)21-7-4-3-6-20(21)26/h3-8,15-16,18H,9-14,17H2,1-2H3,(H,27,28). The number of nitrogens with one attached hydrogen (secondary N) is 1. The Bertz CT molecular complexity index is 1230. The number of hydrogen-bond acceptors (Lipinski definition) is 7. The van der Waals surface area contributed by atoms with Gasteiger partial charge in [-0.05, 0) is 36.6 Å². The van der Waals surface area contributed by atoms with Gasteiger partial charge in [0.2, 0.25) is 11.8 Å². The van der Waals surface area contributed by atoms with Gasteiger partial charge in [-0.1, -0.05) is 26.0 Å². The molecule has 4 heterocycles. The molecule has 0 saturated carbocycles. The molecule has 9 heteroatoms. The van der Waals surface area contributed by atoms with E-state index >= 15 is 0 Å². The predicted molar refractivity (Wildman–Crippen MR) is 130 cm³/mol. The second-order valence-corrected chi connectivity index (χ2v) is 9.08. The highest BCUT2D eigenvalue weighted by Gasteiger charge is 2.22. The summed E-state index contributed by atoms with van der Waals surface area (Å²) in [6, 6.07) is 10.7. The van der Waals surface area contributed by atoms with Crippen molar-refractivity contribution < 1.29 is 8.81 Å². The molecule has 0 amide bonds. The third-order valence-electron chi connectivity index (χ3n) is 6.14. The first-order valence-electron chi connectivity index (χ1n) is 11.8. The number of piperazine rings is 1. The molecule has 1 aliphatic rings. The summed E-state index contributed by atoms with van der Waals surface area (Å²) in [5.74, 6) is 2.27. The Hall–Kier alpha value is -3.46. The number of halogens is 1. The molecule has 178 valence electrons. The monoisotopic (exact) mass is 463 g/mol. The Labute approximate surface area is 198 Å². The smallest absolute Gasteiger partial charge is 0.225 e. The molecular weight excluding hydrogens is 433 g/mol. The number of nitrogens with zero attached hydrogens (tertiary/aromatic N) is 6. The fraction of sp³-hybridized carbons (Fsp3) is 0.400. The SMILES string of the molecule is CC(C)CCNc1ncc(CN2CCN(c3ccccc3F)CC2)c2nc(-c3ccco3)nn12. The molecule has 4 aromatic rings. The first-order valence-corrected chi connectivity index (χ1v) is 11.8. The summed E-state index contributed by atoms with van der Waals surface area (Å²) in [5.41, 5.74) is 2.44. The second kappa shape index (κ2) is 9.80. The number of fused-ring (bicyclic) bond motifs is 1. The number of hydrogen-bond donors (Lipinski definition) is 1. The van der Waals surface area contributed by atoms with Gasteiger partial charge in [-0.3, -0.25) is 4.90 Å². The summed E-state index contributed by atoms with van der Waals surface area (Å²) in [4.78, 5) is 13.9. The van der Waals surface area contributed by atoms with Crippen LogP contribution in [0.1, 0.15) is 25.8 Å². The lowest BCUT2D eigenvalue weighted by molar-refractivity contribution is 0.249. The van der Waals surface area contributed by atoms with E-state index in [2.05, 4.69) is 39.0 Å². The Morgan fingerprint density at radius 2 is 1.91 bits per heavy atom. The van der Waals surface area contributed by atoms with Gasteiger partial charge in [0.1, 0.15) is 5.82 Å². The van der Waals surface area contributed by atoms with Crippen LogP contribution in [-0.4, -0.2) is 57.2 Å². The van der Waals surface area contributed by atoms with Gasteiger partial charge in [0.15, 0.2) is 11.4 Å². The molecule has 0 unspecified atom stereocenters. The van der Waals surface area contributed by atoms with Crippen LogP contribution in [-0.2, 0) is 6.54 Å². The molecule has 5 rings (SSSR count). The first-order chi connectivity index (χ1) is 16.6. The molecule has 0 radical (unpaired) electrons. The molecule has 1 fully saturated rings. The van der Waals surface area contributed by atoms with Crippen molar-refractivity contribution in [1.82, 2.24) is 24.5 Å². The average Bonchev–Trinajstić information content (AvgIpc) is 3.52. The number of rotatable bonds is 8. The Kier molecular flexibility index (Phi) is 6.44. The van der Waals surface area contributed by atoms with Crippen LogP contribution in [0, 0.1) is 11.7 Å². The summed E-state index contributed by atoms with van der Waals surface area (Å²) < 4.78 is 21.5. The van der Waals surface area contributed by atoms with Crippen LogP contribution >= 0.6 is 0 Å². The van der Waals surface area contributed by atoms with E-state index in [1.54, 1.807) is 16.8 Å². The van der Waals surface area contributed by atoms with Crippen LogP contribution in [0.15, 0.2) is 53.3 Å². The Morgan fingerprint density at radius 3 is 2.65 bits per heavy atom. The second-order valence-electron chi connectivity index (χ2n) is 9.08. The van der Waals surface area contributed by atoms with E-state index in [4.69, 9.17) is 9.40 Å². The first kappa shape index (κ1) is 22.3.